The van der Waals surface area contributed by atoms with Crippen molar-refractivity contribution in [2.45, 2.75) is 13.5 Å². The van der Waals surface area contributed by atoms with Crippen molar-refractivity contribution >= 4 is 17.3 Å². The molecule has 1 aromatic heterocycles. The van der Waals surface area contributed by atoms with Crippen molar-refractivity contribution < 1.29 is 9.53 Å². The van der Waals surface area contributed by atoms with E-state index in [4.69, 9.17) is 4.74 Å². The number of methoxy groups -OCH3 is 1. The highest BCUT2D eigenvalue weighted by Crippen LogP contribution is 2.28. The van der Waals surface area contributed by atoms with Gasteiger partial charge >= 0.3 is 0 Å². The number of rotatable bonds is 5. The molecule has 0 aliphatic rings. The first-order chi connectivity index (χ1) is 9.19. The summed E-state index contributed by atoms with van der Waals surface area (Å²) in [6, 6.07) is 5.52. The van der Waals surface area contributed by atoms with Crippen LogP contribution in [0.4, 0.5) is 11.4 Å². The van der Waals surface area contributed by atoms with E-state index < -0.39 is 0 Å². The monoisotopic (exact) mass is 260 g/mol. The molecule has 0 radical (unpaired) electrons. The molecular formula is C13H16N4O2. The molecule has 6 heteroatoms. The lowest BCUT2D eigenvalue weighted by Gasteiger charge is -2.12. The summed E-state index contributed by atoms with van der Waals surface area (Å²) in [5, 5.41) is 5.95. The van der Waals surface area contributed by atoms with E-state index in [0.29, 0.717) is 18.0 Å². The third kappa shape index (κ3) is 3.48. The summed E-state index contributed by atoms with van der Waals surface area (Å²) < 4.78 is 5.25. The zero-order valence-electron chi connectivity index (χ0n) is 10.9. The number of nitrogens with one attached hydrogen (secondary N) is 3. The van der Waals surface area contributed by atoms with E-state index in [0.717, 1.165) is 11.4 Å². The molecule has 1 heterocycles. The SMILES string of the molecule is COc1cc(NCc2cnc[nH]2)ccc1NC(C)=O. The molecule has 0 atom stereocenters. The third-order valence-electron chi connectivity index (χ3n) is 2.55. The molecule has 2 rings (SSSR count). The maximum Gasteiger partial charge on any atom is 0.221 e. The van der Waals surface area contributed by atoms with Crippen molar-refractivity contribution in [2.75, 3.05) is 17.7 Å². The van der Waals surface area contributed by atoms with E-state index in [9.17, 15) is 4.79 Å². The molecule has 19 heavy (non-hydrogen) atoms. The van der Waals surface area contributed by atoms with Gasteiger partial charge in [-0.05, 0) is 12.1 Å². The first-order valence-corrected chi connectivity index (χ1v) is 5.86. The van der Waals surface area contributed by atoms with Gasteiger partial charge in [0.25, 0.3) is 0 Å². The van der Waals surface area contributed by atoms with Gasteiger partial charge in [-0.15, -0.1) is 0 Å². The van der Waals surface area contributed by atoms with Gasteiger partial charge in [0.15, 0.2) is 0 Å². The van der Waals surface area contributed by atoms with Crippen LogP contribution in [0.5, 0.6) is 5.75 Å². The first-order valence-electron chi connectivity index (χ1n) is 5.86. The molecule has 0 saturated heterocycles. The topological polar surface area (TPSA) is 79.0 Å². The Morgan fingerprint density at radius 3 is 2.95 bits per heavy atom. The summed E-state index contributed by atoms with van der Waals surface area (Å²) in [6.07, 6.45) is 3.40. The highest BCUT2D eigenvalue weighted by molar-refractivity contribution is 5.90. The second-order valence-corrected chi connectivity index (χ2v) is 4.03. The van der Waals surface area contributed by atoms with Crippen LogP contribution in [0.2, 0.25) is 0 Å². The highest BCUT2D eigenvalue weighted by Gasteiger charge is 2.05. The molecule has 3 N–H and O–H groups in total. The van der Waals surface area contributed by atoms with E-state index >= 15 is 0 Å². The van der Waals surface area contributed by atoms with Gasteiger partial charge in [0.05, 0.1) is 31.4 Å². The van der Waals surface area contributed by atoms with Gasteiger partial charge in [0.1, 0.15) is 5.75 Å². The Bertz CT molecular complexity index is 552. The van der Waals surface area contributed by atoms with Gasteiger partial charge in [0.2, 0.25) is 5.91 Å². The number of nitrogens with zero attached hydrogens (tertiary/aromatic N) is 1. The average Bonchev–Trinajstić information content (AvgIpc) is 2.90. The number of aromatic nitrogens is 2. The third-order valence-corrected chi connectivity index (χ3v) is 2.55. The zero-order chi connectivity index (χ0) is 13.7. The number of carbonyl (C=O) groups is 1. The van der Waals surface area contributed by atoms with Crippen molar-refractivity contribution in [3.63, 3.8) is 0 Å². The molecule has 1 amide bonds. The minimum absolute atomic E-state index is 0.128. The minimum Gasteiger partial charge on any atom is -0.494 e. The number of benzene rings is 1. The van der Waals surface area contributed by atoms with Crippen LogP contribution >= 0.6 is 0 Å². The summed E-state index contributed by atoms with van der Waals surface area (Å²) in [6.45, 7) is 2.10. The zero-order valence-corrected chi connectivity index (χ0v) is 10.9. The Morgan fingerprint density at radius 2 is 2.32 bits per heavy atom. The number of aromatic amines is 1. The first kappa shape index (κ1) is 12.9. The summed E-state index contributed by atoms with van der Waals surface area (Å²) >= 11 is 0. The van der Waals surface area contributed by atoms with Crippen LogP contribution < -0.4 is 15.4 Å². The van der Waals surface area contributed by atoms with E-state index in [1.165, 1.54) is 6.92 Å². The maximum atomic E-state index is 11.1. The molecule has 0 aliphatic carbocycles. The standard InChI is InChI=1S/C13H16N4O2/c1-9(18)17-12-4-3-10(5-13(12)19-2)15-7-11-6-14-8-16-11/h3-6,8,15H,7H2,1-2H3,(H,14,16)(H,17,18). The molecule has 0 bridgehead atoms. The fraction of sp³-hybridized carbons (Fsp3) is 0.231. The number of ether oxygens (including phenoxy) is 1. The largest absolute Gasteiger partial charge is 0.494 e. The Balaban J connectivity index is 2.07. The minimum atomic E-state index is -0.128. The Hall–Kier alpha value is -2.50. The maximum absolute atomic E-state index is 11.1. The number of hydrogen-bond donors (Lipinski definition) is 3. The number of amides is 1. The predicted molar refractivity (Wildman–Crippen MR) is 73.2 cm³/mol. The lowest BCUT2D eigenvalue weighted by atomic mass is 10.2. The summed E-state index contributed by atoms with van der Waals surface area (Å²) in [4.78, 5) is 18.0. The molecule has 0 saturated carbocycles. The van der Waals surface area contributed by atoms with Crippen LogP contribution in [0, 0.1) is 0 Å². The van der Waals surface area contributed by atoms with E-state index in [2.05, 4.69) is 20.6 Å². The Kier molecular flexibility index (Phi) is 4.02. The summed E-state index contributed by atoms with van der Waals surface area (Å²) in [5.74, 6) is 0.487. The highest BCUT2D eigenvalue weighted by atomic mass is 16.5. The molecule has 1 aromatic carbocycles. The van der Waals surface area contributed by atoms with Crippen LogP contribution in [-0.2, 0) is 11.3 Å². The summed E-state index contributed by atoms with van der Waals surface area (Å²) in [7, 11) is 1.57. The van der Waals surface area contributed by atoms with Crippen LogP contribution in [0.15, 0.2) is 30.7 Å². The van der Waals surface area contributed by atoms with Crippen LogP contribution in [-0.4, -0.2) is 23.0 Å². The molecule has 0 fully saturated rings. The smallest absolute Gasteiger partial charge is 0.221 e. The van der Waals surface area contributed by atoms with Crippen molar-refractivity contribution in [1.82, 2.24) is 9.97 Å². The Morgan fingerprint density at radius 1 is 1.47 bits per heavy atom. The van der Waals surface area contributed by atoms with Gasteiger partial charge < -0.3 is 20.4 Å². The lowest BCUT2D eigenvalue weighted by Crippen LogP contribution is -2.07. The lowest BCUT2D eigenvalue weighted by molar-refractivity contribution is -0.114. The molecule has 100 valence electrons. The number of anilines is 2. The Labute approximate surface area is 111 Å². The van der Waals surface area contributed by atoms with Crippen molar-refractivity contribution in [3.05, 3.63) is 36.4 Å². The molecule has 2 aromatic rings. The molecule has 0 aliphatic heterocycles. The van der Waals surface area contributed by atoms with E-state index in [1.54, 1.807) is 25.7 Å². The fourth-order valence-electron chi connectivity index (χ4n) is 1.67. The number of imidazole rings is 1. The van der Waals surface area contributed by atoms with E-state index in [-0.39, 0.29) is 5.91 Å². The van der Waals surface area contributed by atoms with Gasteiger partial charge in [0, 0.05) is 24.9 Å². The molecule has 0 spiro atoms. The fourth-order valence-corrected chi connectivity index (χ4v) is 1.67. The normalized spacial score (nSPS) is 10.0. The van der Waals surface area contributed by atoms with E-state index in [1.807, 2.05) is 12.1 Å². The van der Waals surface area contributed by atoms with Crippen LogP contribution in [0.1, 0.15) is 12.6 Å². The molecule has 6 nitrogen and oxygen atoms in total. The molecular weight excluding hydrogens is 244 g/mol. The van der Waals surface area contributed by atoms with Crippen LogP contribution in [0.3, 0.4) is 0 Å². The van der Waals surface area contributed by atoms with Gasteiger partial charge in [-0.2, -0.15) is 0 Å². The van der Waals surface area contributed by atoms with Gasteiger partial charge in [-0.1, -0.05) is 0 Å². The summed E-state index contributed by atoms with van der Waals surface area (Å²) in [5.41, 5.74) is 2.55. The van der Waals surface area contributed by atoms with Crippen LogP contribution in [0.25, 0.3) is 0 Å². The number of carbonyl (C=O) groups excluding carboxylic acids is 1. The van der Waals surface area contributed by atoms with Gasteiger partial charge in [-0.25, -0.2) is 4.98 Å². The molecule has 0 unspecified atom stereocenters. The van der Waals surface area contributed by atoms with Gasteiger partial charge in [-0.3, -0.25) is 4.79 Å². The second-order valence-electron chi connectivity index (χ2n) is 4.03. The van der Waals surface area contributed by atoms with Crippen molar-refractivity contribution in [2.24, 2.45) is 0 Å². The quantitative estimate of drug-likeness (QED) is 0.768. The van der Waals surface area contributed by atoms with Crippen molar-refractivity contribution in [1.29, 1.82) is 0 Å². The van der Waals surface area contributed by atoms with Crippen molar-refractivity contribution in [3.8, 4) is 5.75 Å². The number of H-pyrrole nitrogens is 1. The average molecular weight is 260 g/mol. The number of hydrogen-bond acceptors (Lipinski definition) is 4. The predicted octanol–water partition coefficient (Wildman–Crippen LogP) is 1.99. The second kappa shape index (κ2) is 5.90.